The third kappa shape index (κ3) is 7.50. The summed E-state index contributed by atoms with van der Waals surface area (Å²) >= 11 is 0. The number of rotatable bonds is 10. The van der Waals surface area contributed by atoms with Gasteiger partial charge in [0.05, 0.1) is 7.11 Å². The van der Waals surface area contributed by atoms with E-state index in [1.807, 2.05) is 45.9 Å². The van der Waals surface area contributed by atoms with E-state index in [0.29, 0.717) is 13.0 Å². The molecule has 1 aromatic rings. The van der Waals surface area contributed by atoms with Crippen LogP contribution in [0.2, 0.25) is 0 Å². The molecule has 144 valence electrons. The second kappa shape index (κ2) is 11.4. The highest BCUT2D eigenvalue weighted by Gasteiger charge is 2.18. The zero-order valence-electron chi connectivity index (χ0n) is 15.4. The molecular weight excluding hydrogens is 370 g/mol. The van der Waals surface area contributed by atoms with Crippen LogP contribution >= 0.6 is 21.6 Å². The summed E-state index contributed by atoms with van der Waals surface area (Å²) in [5, 5.41) is 3.52. The van der Waals surface area contributed by atoms with E-state index < -0.39 is 6.10 Å². The number of esters is 1. The van der Waals surface area contributed by atoms with Crippen molar-refractivity contribution >= 4 is 33.5 Å². The van der Waals surface area contributed by atoms with Crippen LogP contribution in [0.25, 0.3) is 0 Å². The Bertz CT molecular complexity index is 573. The van der Waals surface area contributed by atoms with Crippen LogP contribution in [0.4, 0.5) is 0 Å². The zero-order valence-corrected chi connectivity index (χ0v) is 17.0. The van der Waals surface area contributed by atoms with Crippen LogP contribution in [-0.4, -0.2) is 36.1 Å². The van der Waals surface area contributed by atoms with E-state index >= 15 is 0 Å². The zero-order chi connectivity index (χ0) is 18.8. The fraction of sp³-hybridized carbons (Fsp3) is 0.579. The average Bonchev–Trinajstić information content (AvgIpc) is 3.17. The van der Waals surface area contributed by atoms with Crippen molar-refractivity contribution in [2.75, 3.05) is 12.9 Å². The summed E-state index contributed by atoms with van der Waals surface area (Å²) < 4.78 is 10.3. The Hall–Kier alpha value is -1.34. The summed E-state index contributed by atoms with van der Waals surface area (Å²) in [5.41, 5.74) is 0.959. The monoisotopic (exact) mass is 397 g/mol. The normalized spacial score (nSPS) is 17.5. The maximum Gasteiger partial charge on any atom is 0.306 e. The molecule has 1 N–H and O–H groups in total. The lowest BCUT2D eigenvalue weighted by Crippen LogP contribution is -2.35. The first-order valence-corrected chi connectivity index (χ1v) is 11.3. The molecule has 1 saturated heterocycles. The smallest absolute Gasteiger partial charge is 0.306 e. The van der Waals surface area contributed by atoms with E-state index in [4.69, 9.17) is 9.47 Å². The number of carbonyl (C=O) groups is 2. The summed E-state index contributed by atoms with van der Waals surface area (Å²) in [6.07, 6.45) is 3.88. The van der Waals surface area contributed by atoms with E-state index in [0.717, 1.165) is 35.8 Å². The largest absolute Gasteiger partial charge is 0.497 e. The summed E-state index contributed by atoms with van der Waals surface area (Å²) in [5.74, 6) is 1.42. The molecule has 5 nitrogen and oxygen atoms in total. The molecular formula is C19H27NO4S2. The number of unbranched alkanes of at least 4 members (excludes halogenated alkanes) is 1. The lowest BCUT2D eigenvalue weighted by molar-refractivity contribution is -0.155. The van der Waals surface area contributed by atoms with E-state index in [2.05, 4.69) is 5.32 Å². The first-order valence-electron chi connectivity index (χ1n) is 8.97. The van der Waals surface area contributed by atoms with Gasteiger partial charge in [0.2, 0.25) is 0 Å². The number of ether oxygens (including phenoxy) is 2. The number of benzene rings is 1. The maximum atomic E-state index is 12.1. The van der Waals surface area contributed by atoms with E-state index in [1.165, 1.54) is 12.2 Å². The van der Waals surface area contributed by atoms with Gasteiger partial charge in [0.15, 0.2) is 6.10 Å². The first-order chi connectivity index (χ1) is 12.6. The summed E-state index contributed by atoms with van der Waals surface area (Å²) in [7, 11) is 5.51. The minimum absolute atomic E-state index is 0.284. The Balaban J connectivity index is 1.59. The SMILES string of the molecule is COc1ccc(CNC(=O)[C@H](C)OC(=O)CCCC[C@H]2CCSS2)cc1. The number of amides is 1. The van der Waals surface area contributed by atoms with Crippen molar-refractivity contribution in [1.82, 2.24) is 5.32 Å². The van der Waals surface area contributed by atoms with Gasteiger partial charge in [-0.15, -0.1) is 0 Å². The summed E-state index contributed by atoms with van der Waals surface area (Å²) in [6, 6.07) is 7.45. The molecule has 1 fully saturated rings. The molecule has 1 heterocycles. The summed E-state index contributed by atoms with van der Waals surface area (Å²) in [6.45, 7) is 2.00. The Morgan fingerprint density at radius 3 is 2.69 bits per heavy atom. The highest BCUT2D eigenvalue weighted by atomic mass is 33.1. The molecule has 2 rings (SSSR count). The molecule has 0 aromatic heterocycles. The molecule has 1 aromatic carbocycles. The van der Waals surface area contributed by atoms with Crippen molar-refractivity contribution in [2.45, 2.75) is 56.9 Å². The molecule has 0 saturated carbocycles. The van der Waals surface area contributed by atoms with Gasteiger partial charge in [-0.2, -0.15) is 0 Å². The molecule has 0 spiro atoms. The highest BCUT2D eigenvalue weighted by molar-refractivity contribution is 8.77. The quantitative estimate of drug-likeness (QED) is 0.366. The Kier molecular flexibility index (Phi) is 9.18. The molecule has 1 aliphatic rings. The minimum atomic E-state index is -0.775. The molecule has 1 aliphatic heterocycles. The minimum Gasteiger partial charge on any atom is -0.497 e. The number of hydrogen-bond acceptors (Lipinski definition) is 6. The van der Waals surface area contributed by atoms with Crippen molar-refractivity contribution in [2.24, 2.45) is 0 Å². The standard InChI is InChI=1S/C19H27NO4S2/c1-14(19(22)20-13-15-7-9-16(23-2)10-8-15)24-18(21)6-4-3-5-17-11-12-25-26-17/h7-10,14,17H,3-6,11-13H2,1-2H3,(H,20,22)/t14-,17-/m0/s1. The fourth-order valence-electron chi connectivity index (χ4n) is 2.59. The van der Waals surface area contributed by atoms with Gasteiger partial charge < -0.3 is 14.8 Å². The molecule has 1 amide bonds. The van der Waals surface area contributed by atoms with Crippen LogP contribution in [0.5, 0.6) is 5.75 Å². The number of carbonyl (C=O) groups excluding carboxylic acids is 2. The second-order valence-electron chi connectivity index (χ2n) is 6.27. The number of nitrogens with one attached hydrogen (secondary N) is 1. The molecule has 0 unspecified atom stereocenters. The third-order valence-corrected chi connectivity index (χ3v) is 7.19. The number of methoxy groups -OCH3 is 1. The van der Waals surface area contributed by atoms with Crippen LogP contribution in [0.3, 0.4) is 0 Å². The average molecular weight is 398 g/mol. The Morgan fingerprint density at radius 2 is 2.04 bits per heavy atom. The van der Waals surface area contributed by atoms with Gasteiger partial charge in [0.25, 0.3) is 5.91 Å². The van der Waals surface area contributed by atoms with Crippen LogP contribution in [0.1, 0.15) is 44.6 Å². The van der Waals surface area contributed by atoms with Crippen molar-refractivity contribution in [1.29, 1.82) is 0 Å². The van der Waals surface area contributed by atoms with Crippen molar-refractivity contribution < 1.29 is 19.1 Å². The predicted molar refractivity (Wildman–Crippen MR) is 107 cm³/mol. The lowest BCUT2D eigenvalue weighted by Gasteiger charge is -2.14. The summed E-state index contributed by atoms with van der Waals surface area (Å²) in [4.78, 5) is 23.9. The molecule has 26 heavy (non-hydrogen) atoms. The lowest BCUT2D eigenvalue weighted by atomic mass is 10.1. The first kappa shape index (κ1) is 21.0. The van der Waals surface area contributed by atoms with E-state index in [-0.39, 0.29) is 11.9 Å². The van der Waals surface area contributed by atoms with Crippen LogP contribution in [0, 0.1) is 0 Å². The van der Waals surface area contributed by atoms with Gasteiger partial charge in [-0.1, -0.05) is 40.1 Å². The van der Waals surface area contributed by atoms with Crippen LogP contribution in [-0.2, 0) is 20.9 Å². The molecule has 2 atom stereocenters. The van der Waals surface area contributed by atoms with E-state index in [1.54, 1.807) is 14.0 Å². The van der Waals surface area contributed by atoms with Gasteiger partial charge in [0.1, 0.15) is 5.75 Å². The Morgan fingerprint density at radius 1 is 1.27 bits per heavy atom. The van der Waals surface area contributed by atoms with Crippen molar-refractivity contribution in [3.8, 4) is 5.75 Å². The fourth-order valence-corrected chi connectivity index (χ4v) is 5.62. The Labute approximate surface area is 163 Å². The van der Waals surface area contributed by atoms with Crippen LogP contribution in [0.15, 0.2) is 24.3 Å². The van der Waals surface area contributed by atoms with Gasteiger partial charge in [0, 0.05) is 24.0 Å². The predicted octanol–water partition coefficient (Wildman–Crippen LogP) is 3.96. The van der Waals surface area contributed by atoms with Gasteiger partial charge in [-0.05, 0) is 43.9 Å². The maximum absolute atomic E-state index is 12.1. The molecule has 0 bridgehead atoms. The van der Waals surface area contributed by atoms with Gasteiger partial charge in [-0.3, -0.25) is 9.59 Å². The molecule has 0 aliphatic carbocycles. The highest BCUT2D eigenvalue weighted by Crippen LogP contribution is 2.39. The van der Waals surface area contributed by atoms with Crippen LogP contribution < -0.4 is 10.1 Å². The van der Waals surface area contributed by atoms with Gasteiger partial charge in [-0.25, -0.2) is 0 Å². The number of hydrogen-bond donors (Lipinski definition) is 1. The topological polar surface area (TPSA) is 64.6 Å². The van der Waals surface area contributed by atoms with Gasteiger partial charge >= 0.3 is 5.97 Å². The van der Waals surface area contributed by atoms with E-state index in [9.17, 15) is 9.59 Å². The van der Waals surface area contributed by atoms with Crippen molar-refractivity contribution in [3.63, 3.8) is 0 Å². The second-order valence-corrected chi connectivity index (χ2v) is 9.06. The molecule has 7 heteroatoms. The molecule has 0 radical (unpaired) electrons. The van der Waals surface area contributed by atoms with Crippen molar-refractivity contribution in [3.05, 3.63) is 29.8 Å². The third-order valence-electron chi connectivity index (χ3n) is 4.19.